The van der Waals surface area contributed by atoms with Crippen LogP contribution in [0.5, 0.6) is 11.6 Å². The summed E-state index contributed by atoms with van der Waals surface area (Å²) in [5, 5.41) is 3.47. The Balaban J connectivity index is 1.48. The maximum atomic E-state index is 13.3. The molecule has 5 rings (SSSR count). The molecule has 1 N–H and O–H groups in total. The van der Waals surface area contributed by atoms with E-state index in [1.165, 1.54) is 0 Å². The minimum Gasteiger partial charge on any atom is -0.449 e. The van der Waals surface area contributed by atoms with Crippen LogP contribution in [0.2, 0.25) is 5.02 Å². The number of aromatic nitrogens is 1. The molecule has 1 aromatic heterocycles. The third-order valence-electron chi connectivity index (χ3n) is 5.68. The van der Waals surface area contributed by atoms with Gasteiger partial charge >= 0.3 is 5.97 Å². The molecule has 2 aliphatic heterocycles. The number of aryl methyl sites for hydroxylation is 1. The summed E-state index contributed by atoms with van der Waals surface area (Å²) in [5.74, 6) is 0.105. The first kappa shape index (κ1) is 19.7. The first-order valence-electron chi connectivity index (χ1n) is 10.0. The highest BCUT2D eigenvalue weighted by Crippen LogP contribution is 2.42. The van der Waals surface area contributed by atoms with Crippen molar-refractivity contribution in [3.8, 4) is 11.6 Å². The van der Waals surface area contributed by atoms with Gasteiger partial charge in [-0.15, -0.1) is 0 Å². The van der Waals surface area contributed by atoms with Crippen molar-refractivity contribution in [3.63, 3.8) is 0 Å². The van der Waals surface area contributed by atoms with E-state index in [2.05, 4.69) is 10.3 Å². The van der Waals surface area contributed by atoms with Crippen LogP contribution in [-0.4, -0.2) is 29.8 Å². The second kappa shape index (κ2) is 7.48. The first-order chi connectivity index (χ1) is 15.0. The van der Waals surface area contributed by atoms with E-state index in [-0.39, 0.29) is 16.4 Å². The van der Waals surface area contributed by atoms with E-state index in [0.717, 1.165) is 17.8 Å². The molecule has 0 unspecified atom stereocenters. The SMILES string of the molecule is Cc1cccc(Oc2ccc(C(=O)c3cccc4c3C(=O)O[C@]43CCNC3)c(Cl)c2)n1. The second-order valence-electron chi connectivity index (χ2n) is 7.73. The van der Waals surface area contributed by atoms with Crippen LogP contribution in [0.4, 0.5) is 0 Å². The van der Waals surface area contributed by atoms with Crippen molar-refractivity contribution in [2.45, 2.75) is 18.9 Å². The fourth-order valence-corrected chi connectivity index (χ4v) is 4.45. The second-order valence-corrected chi connectivity index (χ2v) is 8.14. The molecule has 1 saturated heterocycles. The van der Waals surface area contributed by atoms with Gasteiger partial charge in [0.25, 0.3) is 0 Å². The molecule has 156 valence electrons. The number of fused-ring (bicyclic) bond motifs is 2. The standard InChI is InChI=1S/C24H19ClN2O4/c1-14-4-2-7-20(27-14)30-15-8-9-16(19(25)12-15)22(28)17-5-3-6-18-21(17)23(29)31-24(18)10-11-26-13-24/h2-9,12,26H,10-11,13H2,1H3/t24-/m0/s1. The van der Waals surface area contributed by atoms with Crippen molar-refractivity contribution in [2.24, 2.45) is 0 Å². The van der Waals surface area contributed by atoms with Crippen LogP contribution in [0.3, 0.4) is 0 Å². The van der Waals surface area contributed by atoms with Gasteiger partial charge in [-0.1, -0.05) is 35.9 Å². The highest BCUT2D eigenvalue weighted by atomic mass is 35.5. The number of esters is 1. The van der Waals surface area contributed by atoms with Gasteiger partial charge in [-0.05, 0) is 31.7 Å². The number of nitrogens with one attached hydrogen (secondary N) is 1. The van der Waals surface area contributed by atoms with E-state index in [0.29, 0.717) is 35.7 Å². The van der Waals surface area contributed by atoms with Crippen LogP contribution in [-0.2, 0) is 10.3 Å². The van der Waals surface area contributed by atoms with Gasteiger partial charge in [-0.25, -0.2) is 9.78 Å². The Hall–Kier alpha value is -3.22. The molecule has 0 bridgehead atoms. The van der Waals surface area contributed by atoms with Crippen molar-refractivity contribution < 1.29 is 19.1 Å². The van der Waals surface area contributed by atoms with Crippen LogP contribution >= 0.6 is 11.6 Å². The Morgan fingerprint density at radius 1 is 1.16 bits per heavy atom. The predicted octanol–water partition coefficient (Wildman–Crippen LogP) is 4.43. The van der Waals surface area contributed by atoms with Crippen molar-refractivity contribution in [1.29, 1.82) is 0 Å². The number of ether oxygens (including phenoxy) is 2. The van der Waals surface area contributed by atoms with Gasteiger partial charge in [-0.3, -0.25) is 4.79 Å². The summed E-state index contributed by atoms with van der Waals surface area (Å²) in [7, 11) is 0. The minimum absolute atomic E-state index is 0.233. The lowest BCUT2D eigenvalue weighted by atomic mass is 9.87. The van der Waals surface area contributed by atoms with E-state index < -0.39 is 11.6 Å². The lowest BCUT2D eigenvalue weighted by Gasteiger charge is -2.21. The molecule has 3 aromatic rings. The molecule has 1 fully saturated rings. The fraction of sp³-hybridized carbons (Fsp3) is 0.208. The quantitative estimate of drug-likeness (QED) is 0.483. The molecule has 7 heteroatoms. The fourth-order valence-electron chi connectivity index (χ4n) is 4.19. The maximum absolute atomic E-state index is 13.3. The number of carbonyl (C=O) groups is 2. The van der Waals surface area contributed by atoms with E-state index in [1.807, 2.05) is 25.1 Å². The summed E-state index contributed by atoms with van der Waals surface area (Å²) in [6.07, 6.45) is 0.684. The van der Waals surface area contributed by atoms with Gasteiger partial charge in [0.2, 0.25) is 5.88 Å². The van der Waals surface area contributed by atoms with E-state index >= 15 is 0 Å². The van der Waals surface area contributed by atoms with Crippen LogP contribution in [0, 0.1) is 6.92 Å². The third kappa shape index (κ3) is 3.38. The number of ketones is 1. The number of rotatable bonds is 4. The summed E-state index contributed by atoms with van der Waals surface area (Å²) >= 11 is 6.43. The molecule has 6 nitrogen and oxygen atoms in total. The molecule has 0 saturated carbocycles. The summed E-state index contributed by atoms with van der Waals surface area (Å²) in [6, 6.07) is 15.6. The van der Waals surface area contributed by atoms with Gasteiger partial charge in [0.15, 0.2) is 11.4 Å². The Morgan fingerprint density at radius 2 is 2.00 bits per heavy atom. The minimum atomic E-state index is -0.689. The maximum Gasteiger partial charge on any atom is 0.340 e. The van der Waals surface area contributed by atoms with Crippen LogP contribution < -0.4 is 10.1 Å². The molecule has 1 atom stereocenters. The third-order valence-corrected chi connectivity index (χ3v) is 5.99. The summed E-state index contributed by atoms with van der Waals surface area (Å²) < 4.78 is 11.5. The lowest BCUT2D eigenvalue weighted by molar-refractivity contribution is 0.00159. The van der Waals surface area contributed by atoms with Gasteiger partial charge in [0.05, 0.1) is 10.6 Å². The Morgan fingerprint density at radius 3 is 2.74 bits per heavy atom. The van der Waals surface area contributed by atoms with E-state index in [1.54, 1.807) is 36.4 Å². The number of carbonyl (C=O) groups excluding carboxylic acids is 2. The molecular formula is C24H19ClN2O4. The van der Waals surface area contributed by atoms with Crippen molar-refractivity contribution in [1.82, 2.24) is 10.3 Å². The molecule has 3 heterocycles. The van der Waals surface area contributed by atoms with Crippen LogP contribution in [0.15, 0.2) is 54.6 Å². The number of benzene rings is 2. The zero-order chi connectivity index (χ0) is 21.6. The van der Waals surface area contributed by atoms with Gasteiger partial charge in [0, 0.05) is 47.5 Å². The average Bonchev–Trinajstić information content (AvgIpc) is 3.33. The topological polar surface area (TPSA) is 77.5 Å². The number of halogens is 1. The molecule has 0 radical (unpaired) electrons. The van der Waals surface area contributed by atoms with Gasteiger partial charge in [0.1, 0.15) is 5.75 Å². The Labute approximate surface area is 184 Å². The molecule has 0 amide bonds. The average molecular weight is 435 g/mol. The molecule has 2 aliphatic rings. The number of hydrogen-bond acceptors (Lipinski definition) is 6. The molecular weight excluding hydrogens is 416 g/mol. The van der Waals surface area contributed by atoms with Gasteiger partial charge < -0.3 is 14.8 Å². The first-order valence-corrected chi connectivity index (χ1v) is 10.4. The predicted molar refractivity (Wildman–Crippen MR) is 115 cm³/mol. The largest absolute Gasteiger partial charge is 0.449 e. The van der Waals surface area contributed by atoms with Crippen LogP contribution in [0.25, 0.3) is 0 Å². The van der Waals surface area contributed by atoms with Crippen molar-refractivity contribution in [3.05, 3.63) is 87.6 Å². The summed E-state index contributed by atoms with van der Waals surface area (Å²) in [6.45, 7) is 3.17. The van der Waals surface area contributed by atoms with Gasteiger partial charge in [-0.2, -0.15) is 0 Å². The summed E-state index contributed by atoms with van der Waals surface area (Å²) in [5.41, 5.74) is 1.81. The Bertz CT molecular complexity index is 1220. The van der Waals surface area contributed by atoms with E-state index in [4.69, 9.17) is 21.1 Å². The zero-order valence-corrected chi connectivity index (χ0v) is 17.5. The highest BCUT2D eigenvalue weighted by Gasteiger charge is 2.48. The Kier molecular flexibility index (Phi) is 4.76. The zero-order valence-electron chi connectivity index (χ0n) is 16.8. The number of hydrogen-bond donors (Lipinski definition) is 1. The monoisotopic (exact) mass is 434 g/mol. The molecule has 1 spiro atoms. The van der Waals surface area contributed by atoms with E-state index in [9.17, 15) is 9.59 Å². The van der Waals surface area contributed by atoms with Crippen LogP contribution in [0.1, 0.15) is 44.0 Å². The molecule has 31 heavy (non-hydrogen) atoms. The van der Waals surface area contributed by atoms with Crippen molar-refractivity contribution in [2.75, 3.05) is 13.1 Å². The summed E-state index contributed by atoms with van der Waals surface area (Å²) in [4.78, 5) is 30.3. The highest BCUT2D eigenvalue weighted by molar-refractivity contribution is 6.35. The number of nitrogens with zero attached hydrogens (tertiary/aromatic N) is 1. The lowest BCUT2D eigenvalue weighted by Crippen LogP contribution is -2.28. The smallest absolute Gasteiger partial charge is 0.340 e. The normalized spacial score (nSPS) is 19.4. The number of pyridine rings is 1. The molecule has 0 aliphatic carbocycles. The van der Waals surface area contributed by atoms with Crippen molar-refractivity contribution >= 4 is 23.4 Å². The molecule has 2 aromatic carbocycles.